The van der Waals surface area contributed by atoms with Crippen LogP contribution >= 0.6 is 11.6 Å². The Morgan fingerprint density at radius 3 is 2.33 bits per heavy atom. The van der Waals surface area contributed by atoms with Gasteiger partial charge in [-0.1, -0.05) is 29.8 Å². The van der Waals surface area contributed by atoms with Crippen LogP contribution in [0.25, 0.3) is 0 Å². The summed E-state index contributed by atoms with van der Waals surface area (Å²) in [5.74, 6) is -0.353. The molecule has 0 aliphatic rings. The minimum absolute atomic E-state index is 0.00735. The van der Waals surface area contributed by atoms with Gasteiger partial charge in [-0.25, -0.2) is 0 Å². The first kappa shape index (κ1) is 18.3. The molecule has 7 heteroatoms. The third kappa shape index (κ3) is 4.97. The van der Waals surface area contributed by atoms with E-state index in [1.807, 2.05) is 25.1 Å². The van der Waals surface area contributed by atoms with E-state index in [1.165, 1.54) is 12.1 Å². The molecule has 3 nitrogen and oxygen atoms in total. The summed E-state index contributed by atoms with van der Waals surface area (Å²) in [6.45, 7) is 1.88. The first-order valence-electron chi connectivity index (χ1n) is 7.22. The lowest BCUT2D eigenvalue weighted by atomic mass is 10.1. The molecule has 0 unspecified atom stereocenters. The Bertz CT molecular complexity index is 702. The fourth-order valence-corrected chi connectivity index (χ4v) is 2.43. The van der Waals surface area contributed by atoms with Gasteiger partial charge in [0, 0.05) is 16.8 Å². The zero-order valence-corrected chi connectivity index (χ0v) is 13.6. The normalized spacial score (nSPS) is 12.7. The first-order chi connectivity index (χ1) is 11.3. The van der Waals surface area contributed by atoms with Crippen molar-refractivity contribution in [3.63, 3.8) is 0 Å². The summed E-state index contributed by atoms with van der Waals surface area (Å²) in [4.78, 5) is 11.9. The number of hydrogen-bond acceptors (Lipinski definition) is 2. The van der Waals surface area contributed by atoms with Crippen LogP contribution in [0.3, 0.4) is 0 Å². The number of benzene rings is 2. The van der Waals surface area contributed by atoms with E-state index in [1.54, 1.807) is 6.07 Å². The minimum atomic E-state index is -4.39. The predicted molar refractivity (Wildman–Crippen MR) is 87.9 cm³/mol. The fraction of sp³-hybridized carbons (Fsp3) is 0.235. The Kier molecular flexibility index (Phi) is 5.85. The van der Waals surface area contributed by atoms with Gasteiger partial charge in [-0.2, -0.15) is 13.2 Å². The number of carbonyl (C=O) groups excluding carboxylic acids is 1. The minimum Gasteiger partial charge on any atom is -0.325 e. The van der Waals surface area contributed by atoms with Gasteiger partial charge >= 0.3 is 6.18 Å². The molecule has 2 aromatic rings. The number of anilines is 1. The van der Waals surface area contributed by atoms with Gasteiger partial charge in [0.1, 0.15) is 0 Å². The van der Waals surface area contributed by atoms with Crippen molar-refractivity contribution in [1.82, 2.24) is 5.32 Å². The van der Waals surface area contributed by atoms with Crippen LogP contribution in [0.2, 0.25) is 5.02 Å². The molecule has 0 heterocycles. The number of amides is 1. The largest absolute Gasteiger partial charge is 0.416 e. The quantitative estimate of drug-likeness (QED) is 0.818. The number of carbonyl (C=O) groups is 1. The van der Waals surface area contributed by atoms with Gasteiger partial charge < -0.3 is 10.6 Å². The van der Waals surface area contributed by atoms with Gasteiger partial charge in [0.25, 0.3) is 0 Å². The highest BCUT2D eigenvalue weighted by Crippen LogP contribution is 2.29. The van der Waals surface area contributed by atoms with Gasteiger partial charge in [-0.05, 0) is 42.8 Å². The summed E-state index contributed by atoms with van der Waals surface area (Å²) < 4.78 is 37.4. The third-order valence-electron chi connectivity index (χ3n) is 3.44. The molecule has 1 amide bonds. The molecule has 2 aromatic carbocycles. The molecule has 0 radical (unpaired) electrons. The molecule has 0 aliphatic heterocycles. The van der Waals surface area contributed by atoms with Crippen molar-refractivity contribution in [1.29, 1.82) is 0 Å². The third-order valence-corrected chi connectivity index (χ3v) is 3.78. The van der Waals surface area contributed by atoms with Crippen molar-refractivity contribution in [2.45, 2.75) is 19.1 Å². The average molecular weight is 357 g/mol. The van der Waals surface area contributed by atoms with Crippen molar-refractivity contribution in [2.24, 2.45) is 0 Å². The van der Waals surface area contributed by atoms with Crippen molar-refractivity contribution in [2.75, 3.05) is 11.9 Å². The Balaban J connectivity index is 1.88. The van der Waals surface area contributed by atoms with Crippen LogP contribution in [0.4, 0.5) is 18.9 Å². The molecule has 0 fully saturated rings. The van der Waals surface area contributed by atoms with E-state index in [0.29, 0.717) is 10.7 Å². The summed E-state index contributed by atoms with van der Waals surface area (Å²) in [5.41, 5.74) is 0.410. The van der Waals surface area contributed by atoms with Crippen molar-refractivity contribution in [3.05, 3.63) is 64.7 Å². The maximum Gasteiger partial charge on any atom is 0.416 e. The van der Waals surface area contributed by atoms with Crippen LogP contribution < -0.4 is 10.6 Å². The Morgan fingerprint density at radius 2 is 1.75 bits per heavy atom. The van der Waals surface area contributed by atoms with Crippen molar-refractivity contribution in [3.8, 4) is 0 Å². The standard InChI is InChI=1S/C17H16ClF3N2O/c1-11(14-4-2-3-5-15(14)18)22-10-16(24)23-13-8-6-12(7-9-13)17(19,20)21/h2-9,11,22H,10H2,1H3,(H,23,24)/t11-/m1/s1. The van der Waals surface area contributed by atoms with E-state index in [4.69, 9.17) is 11.6 Å². The van der Waals surface area contributed by atoms with Gasteiger partial charge in [0.15, 0.2) is 0 Å². The Hall–Kier alpha value is -2.05. The van der Waals surface area contributed by atoms with E-state index >= 15 is 0 Å². The highest BCUT2D eigenvalue weighted by molar-refractivity contribution is 6.31. The molecule has 2 rings (SSSR count). The second kappa shape index (κ2) is 7.68. The number of rotatable bonds is 5. The number of hydrogen-bond donors (Lipinski definition) is 2. The van der Waals surface area contributed by atoms with Gasteiger partial charge in [0.2, 0.25) is 5.91 Å². The topological polar surface area (TPSA) is 41.1 Å². The van der Waals surface area contributed by atoms with Crippen LogP contribution in [-0.2, 0) is 11.0 Å². The molecule has 24 heavy (non-hydrogen) atoms. The summed E-state index contributed by atoms with van der Waals surface area (Å²) in [6, 6.07) is 11.4. The lowest BCUT2D eigenvalue weighted by Crippen LogP contribution is -2.30. The van der Waals surface area contributed by atoms with Crippen molar-refractivity contribution < 1.29 is 18.0 Å². The van der Waals surface area contributed by atoms with E-state index in [0.717, 1.165) is 17.7 Å². The van der Waals surface area contributed by atoms with Crippen LogP contribution in [0.15, 0.2) is 48.5 Å². The molecule has 1 atom stereocenters. The second-order valence-corrected chi connectivity index (χ2v) is 5.65. The van der Waals surface area contributed by atoms with E-state index in [9.17, 15) is 18.0 Å². The predicted octanol–water partition coefficient (Wildman–Crippen LogP) is 4.65. The highest BCUT2D eigenvalue weighted by Gasteiger charge is 2.29. The highest BCUT2D eigenvalue weighted by atomic mass is 35.5. The van der Waals surface area contributed by atoms with Gasteiger partial charge in [-0.15, -0.1) is 0 Å². The second-order valence-electron chi connectivity index (χ2n) is 5.25. The fourth-order valence-electron chi connectivity index (χ4n) is 2.13. The summed E-state index contributed by atoms with van der Waals surface area (Å²) >= 11 is 6.08. The Morgan fingerprint density at radius 1 is 1.12 bits per heavy atom. The smallest absolute Gasteiger partial charge is 0.325 e. The molecule has 2 N–H and O–H groups in total. The molecular weight excluding hydrogens is 341 g/mol. The van der Waals surface area contributed by atoms with Crippen LogP contribution in [0, 0.1) is 0 Å². The molecular formula is C17H16ClF3N2O. The Labute approximate surface area is 142 Å². The molecule has 128 valence electrons. The molecule has 0 spiro atoms. The molecule has 0 aromatic heterocycles. The molecule has 0 saturated heterocycles. The zero-order valence-electron chi connectivity index (χ0n) is 12.8. The lowest BCUT2D eigenvalue weighted by Gasteiger charge is -2.15. The number of halogens is 4. The summed E-state index contributed by atoms with van der Waals surface area (Å²) in [7, 11) is 0. The average Bonchev–Trinajstić information content (AvgIpc) is 2.53. The molecule has 0 saturated carbocycles. The maximum absolute atomic E-state index is 12.5. The van der Waals surface area contributed by atoms with Crippen LogP contribution in [0.5, 0.6) is 0 Å². The lowest BCUT2D eigenvalue weighted by molar-refractivity contribution is -0.137. The molecule has 0 bridgehead atoms. The van der Waals surface area contributed by atoms with Crippen molar-refractivity contribution >= 4 is 23.2 Å². The molecule has 0 aliphatic carbocycles. The van der Waals surface area contributed by atoms with E-state index in [-0.39, 0.29) is 18.5 Å². The number of alkyl halides is 3. The summed E-state index contributed by atoms with van der Waals surface area (Å²) in [6.07, 6.45) is -4.39. The number of nitrogens with one attached hydrogen (secondary N) is 2. The van der Waals surface area contributed by atoms with E-state index < -0.39 is 11.7 Å². The maximum atomic E-state index is 12.5. The van der Waals surface area contributed by atoms with Gasteiger partial charge in [0.05, 0.1) is 12.1 Å². The van der Waals surface area contributed by atoms with Crippen LogP contribution in [-0.4, -0.2) is 12.5 Å². The monoisotopic (exact) mass is 356 g/mol. The zero-order chi connectivity index (χ0) is 17.7. The first-order valence-corrected chi connectivity index (χ1v) is 7.60. The van der Waals surface area contributed by atoms with Gasteiger partial charge in [-0.3, -0.25) is 4.79 Å². The van der Waals surface area contributed by atoms with Crippen LogP contribution in [0.1, 0.15) is 24.1 Å². The summed E-state index contributed by atoms with van der Waals surface area (Å²) in [5, 5.41) is 6.16. The van der Waals surface area contributed by atoms with E-state index in [2.05, 4.69) is 10.6 Å². The SMILES string of the molecule is C[C@@H](NCC(=O)Nc1ccc(C(F)(F)F)cc1)c1ccccc1Cl.